The maximum absolute atomic E-state index is 12.4. The maximum Gasteiger partial charge on any atom is 0.245 e. The van der Waals surface area contributed by atoms with Crippen molar-refractivity contribution in [3.05, 3.63) is 29.8 Å². The summed E-state index contributed by atoms with van der Waals surface area (Å²) < 4.78 is 5.88. The number of carbonyl (C=O) groups excluding carboxylic acids is 2. The maximum atomic E-state index is 12.4. The van der Waals surface area contributed by atoms with Crippen molar-refractivity contribution in [2.45, 2.75) is 45.7 Å². The molecule has 1 heterocycles. The van der Waals surface area contributed by atoms with Crippen molar-refractivity contribution in [2.24, 2.45) is 0 Å². The molecular weight excluding hydrogens is 292 g/mol. The molecule has 0 aromatic heterocycles. The first-order chi connectivity index (χ1) is 10.8. The molecule has 5 heteroatoms. The minimum Gasteiger partial charge on any atom is -0.491 e. The topological polar surface area (TPSA) is 49.9 Å². The van der Waals surface area contributed by atoms with Crippen molar-refractivity contribution < 1.29 is 14.3 Å². The molecule has 0 radical (unpaired) electrons. The molecule has 1 saturated heterocycles. The summed E-state index contributed by atoms with van der Waals surface area (Å²) in [6.45, 7) is 8.56. The predicted octanol–water partition coefficient (Wildman–Crippen LogP) is 2.27. The molecule has 0 saturated carbocycles. The van der Waals surface area contributed by atoms with Crippen LogP contribution in [-0.4, -0.2) is 53.9 Å². The van der Waals surface area contributed by atoms with Crippen LogP contribution in [0.3, 0.4) is 0 Å². The highest BCUT2D eigenvalue weighted by atomic mass is 16.5. The van der Waals surface area contributed by atoms with E-state index in [1.54, 1.807) is 25.8 Å². The molecule has 2 atom stereocenters. The molecule has 0 aliphatic carbocycles. The summed E-state index contributed by atoms with van der Waals surface area (Å²) in [5.74, 6) is 1.16. The van der Waals surface area contributed by atoms with E-state index in [4.69, 9.17) is 4.74 Å². The van der Waals surface area contributed by atoms with Gasteiger partial charge >= 0.3 is 0 Å². The van der Waals surface area contributed by atoms with Gasteiger partial charge in [-0.25, -0.2) is 0 Å². The van der Waals surface area contributed by atoms with Crippen molar-refractivity contribution >= 4 is 11.8 Å². The Balaban J connectivity index is 2.01. The van der Waals surface area contributed by atoms with E-state index in [2.05, 4.69) is 19.9 Å². The number of amides is 2. The second-order valence-electron chi connectivity index (χ2n) is 6.37. The SMILES string of the molecule is CC(C)c1ccccc1OCCN1C(=O)[C@H](C)N(C)C(=O)[C@@H]1C. The van der Waals surface area contributed by atoms with Crippen LogP contribution in [0.25, 0.3) is 0 Å². The van der Waals surface area contributed by atoms with E-state index in [0.717, 1.165) is 11.3 Å². The Kier molecular flexibility index (Phi) is 5.29. The number of hydrogen-bond donors (Lipinski definition) is 0. The molecule has 0 N–H and O–H groups in total. The molecule has 126 valence electrons. The second kappa shape index (κ2) is 7.02. The summed E-state index contributed by atoms with van der Waals surface area (Å²) in [4.78, 5) is 27.7. The number of nitrogens with zero attached hydrogens (tertiary/aromatic N) is 2. The van der Waals surface area contributed by atoms with Gasteiger partial charge in [0, 0.05) is 7.05 Å². The average Bonchev–Trinajstić information content (AvgIpc) is 2.54. The van der Waals surface area contributed by atoms with Crippen LogP contribution < -0.4 is 4.74 Å². The number of piperazine rings is 1. The molecule has 5 nitrogen and oxygen atoms in total. The fraction of sp³-hybridized carbons (Fsp3) is 0.556. The Labute approximate surface area is 138 Å². The molecule has 2 rings (SSSR count). The molecular formula is C18H26N2O3. The Hall–Kier alpha value is -2.04. The molecule has 0 spiro atoms. The molecule has 0 unspecified atom stereocenters. The first kappa shape index (κ1) is 17.3. The number of likely N-dealkylation sites (N-methyl/N-ethyl adjacent to an activating group) is 1. The van der Waals surface area contributed by atoms with E-state index < -0.39 is 12.1 Å². The Bertz CT molecular complexity index is 585. The average molecular weight is 318 g/mol. The lowest BCUT2D eigenvalue weighted by atomic mass is 10.0. The predicted molar refractivity (Wildman–Crippen MR) is 89.4 cm³/mol. The Morgan fingerprint density at radius 2 is 1.74 bits per heavy atom. The van der Waals surface area contributed by atoms with Crippen LogP contribution in [0.1, 0.15) is 39.2 Å². The second-order valence-corrected chi connectivity index (χ2v) is 6.37. The molecule has 23 heavy (non-hydrogen) atoms. The lowest BCUT2D eigenvalue weighted by Gasteiger charge is -2.41. The van der Waals surface area contributed by atoms with E-state index in [1.807, 2.05) is 18.2 Å². The molecule has 1 aromatic carbocycles. The number of rotatable bonds is 5. The zero-order chi connectivity index (χ0) is 17.1. The molecule has 1 aliphatic heterocycles. The van der Waals surface area contributed by atoms with Crippen LogP contribution in [0.4, 0.5) is 0 Å². The van der Waals surface area contributed by atoms with Gasteiger partial charge in [0.1, 0.15) is 24.4 Å². The van der Waals surface area contributed by atoms with Crippen LogP contribution in [0, 0.1) is 0 Å². The number of hydrogen-bond acceptors (Lipinski definition) is 3. The third kappa shape index (κ3) is 3.49. The fourth-order valence-corrected chi connectivity index (χ4v) is 2.86. The first-order valence-corrected chi connectivity index (χ1v) is 8.13. The minimum atomic E-state index is -0.437. The van der Waals surface area contributed by atoms with E-state index in [1.165, 1.54) is 4.90 Å². The van der Waals surface area contributed by atoms with Gasteiger partial charge in [0.25, 0.3) is 0 Å². The number of para-hydroxylation sites is 1. The normalized spacial score (nSPS) is 22.0. The molecule has 1 aromatic rings. The summed E-state index contributed by atoms with van der Waals surface area (Å²) >= 11 is 0. The smallest absolute Gasteiger partial charge is 0.245 e. The van der Waals surface area contributed by atoms with Crippen molar-refractivity contribution in [2.75, 3.05) is 20.2 Å². The van der Waals surface area contributed by atoms with Crippen LogP contribution in [-0.2, 0) is 9.59 Å². The van der Waals surface area contributed by atoms with Crippen molar-refractivity contribution in [3.8, 4) is 5.75 Å². The molecule has 1 fully saturated rings. The van der Waals surface area contributed by atoms with E-state index in [0.29, 0.717) is 19.1 Å². The van der Waals surface area contributed by atoms with Gasteiger partial charge in [0.15, 0.2) is 0 Å². The first-order valence-electron chi connectivity index (χ1n) is 8.13. The highest BCUT2D eigenvalue weighted by molar-refractivity contribution is 5.96. The highest BCUT2D eigenvalue weighted by Crippen LogP contribution is 2.26. The zero-order valence-electron chi connectivity index (χ0n) is 14.6. The summed E-state index contributed by atoms with van der Waals surface area (Å²) in [6, 6.07) is 7.08. The van der Waals surface area contributed by atoms with Crippen LogP contribution in [0.5, 0.6) is 5.75 Å². The Morgan fingerprint density at radius 1 is 1.09 bits per heavy atom. The summed E-state index contributed by atoms with van der Waals surface area (Å²) in [5, 5.41) is 0. The van der Waals surface area contributed by atoms with Gasteiger partial charge in [0.05, 0.1) is 6.54 Å². The van der Waals surface area contributed by atoms with Gasteiger partial charge in [-0.2, -0.15) is 0 Å². The van der Waals surface area contributed by atoms with Crippen LogP contribution >= 0.6 is 0 Å². The van der Waals surface area contributed by atoms with Crippen molar-refractivity contribution in [1.82, 2.24) is 9.80 Å². The summed E-state index contributed by atoms with van der Waals surface area (Å²) in [5.41, 5.74) is 1.15. The van der Waals surface area contributed by atoms with Gasteiger partial charge in [-0.05, 0) is 31.4 Å². The summed E-state index contributed by atoms with van der Waals surface area (Å²) in [7, 11) is 1.67. The van der Waals surface area contributed by atoms with E-state index in [-0.39, 0.29) is 11.8 Å². The van der Waals surface area contributed by atoms with Crippen molar-refractivity contribution in [1.29, 1.82) is 0 Å². The third-order valence-corrected chi connectivity index (χ3v) is 4.52. The highest BCUT2D eigenvalue weighted by Gasteiger charge is 2.39. The fourth-order valence-electron chi connectivity index (χ4n) is 2.86. The van der Waals surface area contributed by atoms with Crippen LogP contribution in [0.2, 0.25) is 0 Å². The largest absolute Gasteiger partial charge is 0.491 e. The quantitative estimate of drug-likeness (QED) is 0.837. The molecule has 1 aliphatic rings. The van der Waals surface area contributed by atoms with E-state index >= 15 is 0 Å². The lowest BCUT2D eigenvalue weighted by Crippen LogP contribution is -2.62. The van der Waals surface area contributed by atoms with Gasteiger partial charge in [-0.15, -0.1) is 0 Å². The number of benzene rings is 1. The van der Waals surface area contributed by atoms with E-state index in [9.17, 15) is 9.59 Å². The standard InChI is InChI=1S/C18H26N2O3/c1-12(2)15-8-6-7-9-16(15)23-11-10-20-14(4)17(21)19(5)13(3)18(20)22/h6-9,12-14H,10-11H2,1-5H3/t13-,14-/m0/s1. The summed E-state index contributed by atoms with van der Waals surface area (Å²) in [6.07, 6.45) is 0. The van der Waals surface area contributed by atoms with Crippen LogP contribution in [0.15, 0.2) is 24.3 Å². The molecule has 0 bridgehead atoms. The monoisotopic (exact) mass is 318 g/mol. The third-order valence-electron chi connectivity index (χ3n) is 4.52. The lowest BCUT2D eigenvalue weighted by molar-refractivity contribution is -0.158. The number of carbonyl (C=O) groups is 2. The Morgan fingerprint density at radius 3 is 2.39 bits per heavy atom. The van der Waals surface area contributed by atoms with Crippen molar-refractivity contribution in [3.63, 3.8) is 0 Å². The molecule has 2 amide bonds. The zero-order valence-corrected chi connectivity index (χ0v) is 14.6. The number of ether oxygens (including phenoxy) is 1. The van der Waals surface area contributed by atoms with Gasteiger partial charge < -0.3 is 14.5 Å². The van der Waals surface area contributed by atoms with Gasteiger partial charge in [0.2, 0.25) is 11.8 Å². The van der Waals surface area contributed by atoms with Gasteiger partial charge in [-0.3, -0.25) is 9.59 Å². The van der Waals surface area contributed by atoms with Gasteiger partial charge in [-0.1, -0.05) is 32.0 Å². The minimum absolute atomic E-state index is 0.0275.